The standard InChI is InChI=1S/C20H20F2O4/c1-4-26-19(24)20(25,18-15(21)10-12(2)11-16(18)22)17(13(3)23)14-8-6-5-7-9-14/h5-11,17,25H,4H2,1-3H3. The molecule has 0 radical (unpaired) electrons. The molecule has 2 rings (SSSR count). The molecular weight excluding hydrogens is 342 g/mol. The van der Waals surface area contributed by atoms with Crippen LogP contribution < -0.4 is 0 Å². The molecule has 2 atom stereocenters. The Morgan fingerprint density at radius 2 is 1.69 bits per heavy atom. The van der Waals surface area contributed by atoms with Gasteiger partial charge in [-0.25, -0.2) is 13.6 Å². The fourth-order valence-corrected chi connectivity index (χ4v) is 3.08. The third-order valence-corrected chi connectivity index (χ3v) is 4.11. The summed E-state index contributed by atoms with van der Waals surface area (Å²) < 4.78 is 34.1. The highest BCUT2D eigenvalue weighted by Crippen LogP contribution is 2.41. The number of hydrogen-bond donors (Lipinski definition) is 1. The van der Waals surface area contributed by atoms with Crippen molar-refractivity contribution in [2.75, 3.05) is 6.61 Å². The van der Waals surface area contributed by atoms with Crippen molar-refractivity contribution in [2.45, 2.75) is 32.3 Å². The molecule has 0 heterocycles. The van der Waals surface area contributed by atoms with E-state index < -0.39 is 40.5 Å². The average Bonchev–Trinajstić information content (AvgIpc) is 2.54. The van der Waals surface area contributed by atoms with Gasteiger partial charge in [-0.15, -0.1) is 0 Å². The van der Waals surface area contributed by atoms with Crippen molar-refractivity contribution >= 4 is 11.8 Å². The van der Waals surface area contributed by atoms with E-state index in [1.165, 1.54) is 26.0 Å². The molecule has 0 aliphatic heterocycles. The Balaban J connectivity index is 2.81. The SMILES string of the molecule is CCOC(=O)C(O)(c1c(F)cc(C)cc1F)C(C(C)=O)c1ccccc1. The molecule has 6 heteroatoms. The van der Waals surface area contributed by atoms with Crippen LogP contribution >= 0.6 is 0 Å². The fourth-order valence-electron chi connectivity index (χ4n) is 3.08. The first kappa shape index (κ1) is 19.7. The molecule has 0 aliphatic carbocycles. The molecule has 0 amide bonds. The molecule has 0 bridgehead atoms. The molecule has 0 saturated heterocycles. The van der Waals surface area contributed by atoms with Gasteiger partial charge in [-0.2, -0.15) is 0 Å². The van der Waals surface area contributed by atoms with Crippen molar-refractivity contribution in [3.8, 4) is 0 Å². The second kappa shape index (κ2) is 7.74. The summed E-state index contributed by atoms with van der Waals surface area (Å²) >= 11 is 0. The molecule has 1 N–H and O–H groups in total. The molecule has 2 aromatic rings. The first-order valence-electron chi connectivity index (χ1n) is 8.14. The first-order chi connectivity index (χ1) is 12.2. The Labute approximate surface area is 150 Å². The molecule has 0 aromatic heterocycles. The van der Waals surface area contributed by atoms with E-state index in [0.717, 1.165) is 19.1 Å². The molecule has 2 unspecified atom stereocenters. The zero-order chi connectivity index (χ0) is 19.5. The summed E-state index contributed by atoms with van der Waals surface area (Å²) in [6, 6.07) is 9.85. The molecule has 0 fully saturated rings. The van der Waals surface area contributed by atoms with Gasteiger partial charge in [0.1, 0.15) is 17.4 Å². The molecular formula is C20H20F2O4. The van der Waals surface area contributed by atoms with Crippen LogP contribution in [0.5, 0.6) is 0 Å². The summed E-state index contributed by atoms with van der Waals surface area (Å²) in [7, 11) is 0. The minimum absolute atomic E-state index is 0.129. The molecule has 0 spiro atoms. The number of Topliss-reactive ketones (excluding diaryl/α,β-unsaturated/α-hetero) is 1. The number of carbonyl (C=O) groups excluding carboxylic acids is 2. The van der Waals surface area contributed by atoms with E-state index in [4.69, 9.17) is 4.74 Å². The number of carbonyl (C=O) groups is 2. The van der Waals surface area contributed by atoms with Crippen LogP contribution in [0.4, 0.5) is 8.78 Å². The number of halogens is 2. The maximum Gasteiger partial charge on any atom is 0.344 e. The second-order valence-corrected chi connectivity index (χ2v) is 6.04. The zero-order valence-corrected chi connectivity index (χ0v) is 14.8. The maximum absolute atomic E-state index is 14.6. The lowest BCUT2D eigenvalue weighted by molar-refractivity contribution is -0.172. The predicted octanol–water partition coefficient (Wildman–Crippen LogP) is 3.40. The van der Waals surface area contributed by atoms with Gasteiger partial charge in [0.15, 0.2) is 0 Å². The average molecular weight is 362 g/mol. The Kier molecular flexibility index (Phi) is 5.87. The number of rotatable bonds is 6. The monoisotopic (exact) mass is 362 g/mol. The van der Waals surface area contributed by atoms with E-state index in [1.54, 1.807) is 18.2 Å². The number of ketones is 1. The number of benzene rings is 2. The topological polar surface area (TPSA) is 63.6 Å². The minimum Gasteiger partial charge on any atom is -0.464 e. The van der Waals surface area contributed by atoms with Crippen LogP contribution in [0.25, 0.3) is 0 Å². The molecule has 0 saturated carbocycles. The third kappa shape index (κ3) is 3.51. The Hall–Kier alpha value is -2.60. The van der Waals surface area contributed by atoms with Crippen LogP contribution in [0.3, 0.4) is 0 Å². The summed E-state index contributed by atoms with van der Waals surface area (Å²) in [5.74, 6) is -5.70. The minimum atomic E-state index is -2.84. The van der Waals surface area contributed by atoms with Gasteiger partial charge in [-0.05, 0) is 44.0 Å². The number of aryl methyl sites for hydroxylation is 1. The van der Waals surface area contributed by atoms with E-state index in [9.17, 15) is 23.5 Å². The summed E-state index contributed by atoms with van der Waals surface area (Å²) in [4.78, 5) is 25.0. The van der Waals surface area contributed by atoms with Crippen LogP contribution in [-0.4, -0.2) is 23.5 Å². The zero-order valence-electron chi connectivity index (χ0n) is 14.8. The molecule has 4 nitrogen and oxygen atoms in total. The lowest BCUT2D eigenvalue weighted by Gasteiger charge is -2.33. The van der Waals surface area contributed by atoms with E-state index in [0.29, 0.717) is 0 Å². The quantitative estimate of drug-likeness (QED) is 0.800. The van der Waals surface area contributed by atoms with Crippen molar-refractivity contribution in [1.29, 1.82) is 0 Å². The van der Waals surface area contributed by atoms with Crippen molar-refractivity contribution in [3.63, 3.8) is 0 Å². The number of hydrogen-bond acceptors (Lipinski definition) is 4. The predicted molar refractivity (Wildman–Crippen MR) is 91.5 cm³/mol. The van der Waals surface area contributed by atoms with E-state index in [1.807, 2.05) is 0 Å². The molecule has 0 aliphatic rings. The molecule has 138 valence electrons. The highest BCUT2D eigenvalue weighted by atomic mass is 19.1. The lowest BCUT2D eigenvalue weighted by atomic mass is 9.74. The largest absolute Gasteiger partial charge is 0.464 e. The van der Waals surface area contributed by atoms with Gasteiger partial charge in [-0.1, -0.05) is 30.3 Å². The van der Waals surface area contributed by atoms with Crippen molar-refractivity contribution in [2.24, 2.45) is 0 Å². The first-order valence-corrected chi connectivity index (χ1v) is 8.14. The smallest absolute Gasteiger partial charge is 0.344 e. The van der Waals surface area contributed by atoms with Gasteiger partial charge in [0.25, 0.3) is 0 Å². The highest BCUT2D eigenvalue weighted by Gasteiger charge is 2.53. The van der Waals surface area contributed by atoms with Crippen LogP contribution in [0, 0.1) is 18.6 Å². The van der Waals surface area contributed by atoms with Gasteiger partial charge >= 0.3 is 5.97 Å². The van der Waals surface area contributed by atoms with Gasteiger partial charge in [0, 0.05) is 0 Å². The maximum atomic E-state index is 14.6. The summed E-state index contributed by atoms with van der Waals surface area (Å²) in [5.41, 5.74) is -3.22. The molecule has 2 aromatic carbocycles. The second-order valence-electron chi connectivity index (χ2n) is 6.04. The lowest BCUT2D eigenvalue weighted by Crippen LogP contribution is -2.47. The number of aliphatic hydroxyl groups is 1. The van der Waals surface area contributed by atoms with Crippen LogP contribution in [0.1, 0.15) is 36.5 Å². The van der Waals surface area contributed by atoms with E-state index in [2.05, 4.69) is 0 Å². The van der Waals surface area contributed by atoms with E-state index >= 15 is 0 Å². The van der Waals surface area contributed by atoms with Gasteiger partial charge in [0.2, 0.25) is 5.60 Å². The van der Waals surface area contributed by atoms with Crippen molar-refractivity contribution < 1.29 is 28.2 Å². The summed E-state index contributed by atoms with van der Waals surface area (Å²) in [6.07, 6.45) is 0. The van der Waals surface area contributed by atoms with Gasteiger partial charge in [0.05, 0.1) is 18.1 Å². The van der Waals surface area contributed by atoms with Gasteiger partial charge in [-0.3, -0.25) is 4.79 Å². The third-order valence-electron chi connectivity index (χ3n) is 4.11. The Morgan fingerprint density at radius 1 is 1.15 bits per heavy atom. The van der Waals surface area contributed by atoms with Crippen molar-refractivity contribution in [3.05, 3.63) is 70.8 Å². The summed E-state index contributed by atoms with van der Waals surface area (Å²) in [6.45, 7) is 3.98. The normalized spacial score (nSPS) is 14.4. The number of esters is 1. The van der Waals surface area contributed by atoms with Crippen molar-refractivity contribution in [1.82, 2.24) is 0 Å². The molecule has 26 heavy (non-hydrogen) atoms. The van der Waals surface area contributed by atoms with Crippen LogP contribution in [-0.2, 0) is 19.9 Å². The van der Waals surface area contributed by atoms with Crippen LogP contribution in [0.2, 0.25) is 0 Å². The Bertz CT molecular complexity index is 797. The fraction of sp³-hybridized carbons (Fsp3) is 0.300. The highest BCUT2D eigenvalue weighted by molar-refractivity contribution is 5.94. The van der Waals surface area contributed by atoms with Crippen LogP contribution in [0.15, 0.2) is 42.5 Å². The number of ether oxygens (including phenoxy) is 1. The van der Waals surface area contributed by atoms with Gasteiger partial charge < -0.3 is 9.84 Å². The van der Waals surface area contributed by atoms with E-state index in [-0.39, 0.29) is 17.7 Å². The summed E-state index contributed by atoms with van der Waals surface area (Å²) in [5, 5.41) is 11.2. The Morgan fingerprint density at radius 3 is 2.15 bits per heavy atom.